The van der Waals surface area contributed by atoms with Crippen LogP contribution in [0.5, 0.6) is 5.75 Å². The maximum atomic E-state index is 9.36. The van der Waals surface area contributed by atoms with Crippen molar-refractivity contribution in [3.8, 4) is 11.8 Å². The molecule has 0 aliphatic rings. The van der Waals surface area contributed by atoms with E-state index in [0.29, 0.717) is 6.42 Å². The molecule has 0 fully saturated rings. The third-order valence-electron chi connectivity index (χ3n) is 3.04. The molecule has 0 radical (unpaired) electrons. The zero-order chi connectivity index (χ0) is 14.3. The van der Waals surface area contributed by atoms with Crippen LogP contribution in [0.4, 0.5) is 0 Å². The van der Waals surface area contributed by atoms with Gasteiger partial charge in [-0.3, -0.25) is 5.32 Å². The number of nitriles is 1. The molecule has 4 nitrogen and oxygen atoms in total. The Morgan fingerprint density at radius 3 is 2.42 bits per heavy atom. The highest BCUT2D eigenvalue weighted by atomic mass is 16.5. The number of likely N-dealkylation sites (N-methyl/N-ethyl adjacent to an activating group) is 1. The molecule has 1 aromatic carbocycles. The summed E-state index contributed by atoms with van der Waals surface area (Å²) in [6.07, 6.45) is 0.681. The Kier molecular flexibility index (Phi) is 5.81. The van der Waals surface area contributed by atoms with Crippen molar-refractivity contribution in [2.75, 3.05) is 34.3 Å². The predicted molar refractivity (Wildman–Crippen MR) is 77.3 cm³/mol. The summed E-state index contributed by atoms with van der Waals surface area (Å²) in [5.41, 5.74) is 0.590. The van der Waals surface area contributed by atoms with Crippen LogP contribution in [0.25, 0.3) is 0 Å². The molecule has 0 bridgehead atoms. The highest BCUT2D eigenvalue weighted by molar-refractivity contribution is 5.29. The van der Waals surface area contributed by atoms with Crippen LogP contribution in [-0.4, -0.2) is 44.7 Å². The van der Waals surface area contributed by atoms with Gasteiger partial charge in [0, 0.05) is 19.5 Å². The molecule has 0 saturated heterocycles. The Labute approximate surface area is 116 Å². The first kappa shape index (κ1) is 15.5. The average molecular weight is 261 g/mol. The van der Waals surface area contributed by atoms with Gasteiger partial charge < -0.3 is 9.64 Å². The minimum absolute atomic E-state index is 0.537. The van der Waals surface area contributed by atoms with Gasteiger partial charge in [-0.15, -0.1) is 0 Å². The van der Waals surface area contributed by atoms with Crippen LogP contribution in [0.3, 0.4) is 0 Å². The van der Waals surface area contributed by atoms with Crippen LogP contribution in [0.1, 0.15) is 12.5 Å². The van der Waals surface area contributed by atoms with Gasteiger partial charge >= 0.3 is 0 Å². The SMILES string of the molecule is COc1ccc(CC(C)(C#N)NCCN(C)C)cc1. The minimum atomic E-state index is -0.537. The van der Waals surface area contributed by atoms with Crippen LogP contribution in [0.2, 0.25) is 0 Å². The molecular weight excluding hydrogens is 238 g/mol. The van der Waals surface area contributed by atoms with Crippen molar-refractivity contribution in [1.82, 2.24) is 10.2 Å². The van der Waals surface area contributed by atoms with Crippen LogP contribution in [0, 0.1) is 11.3 Å². The van der Waals surface area contributed by atoms with Gasteiger partial charge in [0.2, 0.25) is 0 Å². The minimum Gasteiger partial charge on any atom is -0.497 e. The molecule has 4 heteroatoms. The second-order valence-electron chi connectivity index (χ2n) is 5.20. The second kappa shape index (κ2) is 7.13. The van der Waals surface area contributed by atoms with E-state index in [4.69, 9.17) is 4.74 Å². The molecule has 1 aromatic rings. The van der Waals surface area contributed by atoms with Gasteiger partial charge in [0.15, 0.2) is 0 Å². The van der Waals surface area contributed by atoms with Crippen molar-refractivity contribution < 1.29 is 4.74 Å². The van der Waals surface area contributed by atoms with Gasteiger partial charge in [-0.2, -0.15) is 5.26 Å². The number of ether oxygens (including phenoxy) is 1. The van der Waals surface area contributed by atoms with Crippen molar-refractivity contribution in [3.63, 3.8) is 0 Å². The molecule has 1 rings (SSSR count). The van der Waals surface area contributed by atoms with Crippen LogP contribution >= 0.6 is 0 Å². The largest absolute Gasteiger partial charge is 0.497 e. The molecule has 0 heterocycles. The van der Waals surface area contributed by atoms with E-state index < -0.39 is 5.54 Å². The number of nitrogens with one attached hydrogen (secondary N) is 1. The van der Waals surface area contributed by atoms with Gasteiger partial charge in [-0.25, -0.2) is 0 Å². The van der Waals surface area contributed by atoms with Crippen molar-refractivity contribution in [2.45, 2.75) is 18.9 Å². The summed E-state index contributed by atoms with van der Waals surface area (Å²) >= 11 is 0. The number of benzene rings is 1. The predicted octanol–water partition coefficient (Wildman–Crippen LogP) is 1.67. The van der Waals surface area contributed by atoms with E-state index in [9.17, 15) is 5.26 Å². The molecule has 0 spiro atoms. The Hall–Kier alpha value is -1.57. The van der Waals surface area contributed by atoms with E-state index in [-0.39, 0.29) is 0 Å². The van der Waals surface area contributed by atoms with E-state index in [1.807, 2.05) is 45.3 Å². The van der Waals surface area contributed by atoms with E-state index in [2.05, 4.69) is 16.3 Å². The molecule has 1 unspecified atom stereocenters. The van der Waals surface area contributed by atoms with Crippen molar-refractivity contribution in [2.24, 2.45) is 0 Å². The van der Waals surface area contributed by atoms with Gasteiger partial charge in [0.05, 0.1) is 13.2 Å². The van der Waals surface area contributed by atoms with Gasteiger partial charge in [-0.05, 0) is 38.7 Å². The molecule has 0 aliphatic carbocycles. The summed E-state index contributed by atoms with van der Waals surface area (Å²) in [4.78, 5) is 2.10. The number of hydrogen-bond donors (Lipinski definition) is 1. The summed E-state index contributed by atoms with van der Waals surface area (Å²) in [5, 5.41) is 12.7. The van der Waals surface area contributed by atoms with Crippen LogP contribution < -0.4 is 10.1 Å². The summed E-state index contributed by atoms with van der Waals surface area (Å²) in [6, 6.07) is 10.2. The zero-order valence-electron chi connectivity index (χ0n) is 12.2. The lowest BCUT2D eigenvalue weighted by molar-refractivity contribution is 0.362. The summed E-state index contributed by atoms with van der Waals surface area (Å²) in [7, 11) is 5.70. The molecule has 0 aliphatic heterocycles. The molecular formula is C15H23N3O. The summed E-state index contributed by atoms with van der Waals surface area (Å²) in [5.74, 6) is 0.836. The van der Waals surface area contributed by atoms with E-state index >= 15 is 0 Å². The fourth-order valence-corrected chi connectivity index (χ4v) is 1.85. The number of nitrogens with zero attached hydrogens (tertiary/aromatic N) is 2. The van der Waals surface area contributed by atoms with E-state index in [0.717, 1.165) is 24.4 Å². The van der Waals surface area contributed by atoms with Crippen molar-refractivity contribution in [1.29, 1.82) is 5.26 Å². The zero-order valence-corrected chi connectivity index (χ0v) is 12.2. The Morgan fingerprint density at radius 2 is 1.95 bits per heavy atom. The summed E-state index contributed by atoms with van der Waals surface area (Å²) < 4.78 is 5.13. The van der Waals surface area contributed by atoms with Crippen LogP contribution in [0.15, 0.2) is 24.3 Å². The highest BCUT2D eigenvalue weighted by Crippen LogP contribution is 2.16. The molecule has 1 atom stereocenters. The highest BCUT2D eigenvalue weighted by Gasteiger charge is 2.23. The van der Waals surface area contributed by atoms with Crippen molar-refractivity contribution in [3.05, 3.63) is 29.8 Å². The van der Waals surface area contributed by atoms with E-state index in [1.165, 1.54) is 0 Å². The quantitative estimate of drug-likeness (QED) is 0.811. The lowest BCUT2D eigenvalue weighted by Crippen LogP contribution is -2.45. The Bertz CT molecular complexity index is 422. The second-order valence-corrected chi connectivity index (χ2v) is 5.20. The number of rotatable bonds is 7. The molecule has 0 saturated carbocycles. The first-order valence-corrected chi connectivity index (χ1v) is 6.43. The number of methoxy groups -OCH3 is 1. The third-order valence-corrected chi connectivity index (χ3v) is 3.04. The maximum Gasteiger partial charge on any atom is 0.118 e. The lowest BCUT2D eigenvalue weighted by atomic mass is 9.94. The monoisotopic (exact) mass is 261 g/mol. The van der Waals surface area contributed by atoms with Gasteiger partial charge in [-0.1, -0.05) is 12.1 Å². The third kappa shape index (κ3) is 5.29. The molecule has 19 heavy (non-hydrogen) atoms. The first-order chi connectivity index (χ1) is 8.99. The molecule has 1 N–H and O–H groups in total. The fourth-order valence-electron chi connectivity index (χ4n) is 1.85. The first-order valence-electron chi connectivity index (χ1n) is 6.43. The maximum absolute atomic E-state index is 9.36. The molecule has 104 valence electrons. The lowest BCUT2D eigenvalue weighted by Gasteiger charge is -2.24. The molecule has 0 aromatic heterocycles. The van der Waals surface area contributed by atoms with Crippen molar-refractivity contribution >= 4 is 0 Å². The average Bonchev–Trinajstić information content (AvgIpc) is 2.39. The summed E-state index contributed by atoms with van der Waals surface area (Å²) in [6.45, 7) is 3.65. The Morgan fingerprint density at radius 1 is 1.32 bits per heavy atom. The Balaban J connectivity index is 2.61. The molecule has 0 amide bonds. The topological polar surface area (TPSA) is 48.3 Å². The van der Waals surface area contributed by atoms with Gasteiger partial charge in [0.25, 0.3) is 0 Å². The standard InChI is InChI=1S/C15H23N3O/c1-15(12-16,17-9-10-18(2)3)11-13-5-7-14(19-4)8-6-13/h5-8,17H,9-11H2,1-4H3. The normalized spacial score (nSPS) is 13.9. The smallest absolute Gasteiger partial charge is 0.118 e. The number of hydrogen-bond acceptors (Lipinski definition) is 4. The van der Waals surface area contributed by atoms with Crippen LogP contribution in [-0.2, 0) is 6.42 Å². The fraction of sp³-hybridized carbons (Fsp3) is 0.533. The van der Waals surface area contributed by atoms with E-state index in [1.54, 1.807) is 7.11 Å². The van der Waals surface area contributed by atoms with Gasteiger partial charge in [0.1, 0.15) is 11.3 Å².